The van der Waals surface area contributed by atoms with Crippen molar-refractivity contribution in [1.82, 2.24) is 9.80 Å². The molecule has 1 N–H and O–H groups in total. The lowest BCUT2D eigenvalue weighted by atomic mass is 10.00. The Morgan fingerprint density at radius 3 is 2.43 bits per heavy atom. The molecule has 0 spiro atoms. The van der Waals surface area contributed by atoms with Crippen LogP contribution < -0.4 is 0 Å². The number of aliphatic hydroxyl groups excluding tert-OH is 1. The normalized spacial score (nSPS) is 21.4. The highest BCUT2D eigenvalue weighted by Gasteiger charge is 2.25. The minimum atomic E-state index is -0.376. The molecule has 1 aromatic carbocycles. The van der Waals surface area contributed by atoms with Gasteiger partial charge in [0.2, 0.25) is 0 Å². The number of hydrogen-bond donors (Lipinski definition) is 1. The molecule has 3 heteroatoms. The summed E-state index contributed by atoms with van der Waals surface area (Å²) in [7, 11) is 4.27. The fourth-order valence-corrected chi connectivity index (χ4v) is 3.10. The van der Waals surface area contributed by atoms with Crippen LogP contribution in [0.15, 0.2) is 24.3 Å². The first-order valence-electron chi connectivity index (χ1n) is 8.11. The topological polar surface area (TPSA) is 26.7 Å². The fourth-order valence-electron chi connectivity index (χ4n) is 3.10. The standard InChI is InChI=1S/C18H30N2O/c1-14(2)11-15-5-7-16(8-6-15)18(21)13-20-10-9-17(12-20)19(3)4/h5-8,14,17-18,21H,9-13H2,1-4H3. The number of aliphatic hydroxyl groups is 1. The lowest BCUT2D eigenvalue weighted by Gasteiger charge is -2.22. The van der Waals surface area contributed by atoms with Crippen molar-refractivity contribution in [2.45, 2.75) is 38.8 Å². The molecule has 2 unspecified atom stereocenters. The van der Waals surface area contributed by atoms with Crippen LogP contribution in [-0.2, 0) is 6.42 Å². The van der Waals surface area contributed by atoms with Gasteiger partial charge in [-0.05, 0) is 50.5 Å². The Kier molecular flexibility index (Phi) is 5.80. The van der Waals surface area contributed by atoms with E-state index in [0.717, 1.165) is 31.6 Å². The monoisotopic (exact) mass is 290 g/mol. The fraction of sp³-hybridized carbons (Fsp3) is 0.667. The van der Waals surface area contributed by atoms with Crippen LogP contribution in [0.2, 0.25) is 0 Å². The predicted molar refractivity (Wildman–Crippen MR) is 88.5 cm³/mol. The van der Waals surface area contributed by atoms with Crippen molar-refractivity contribution < 1.29 is 5.11 Å². The van der Waals surface area contributed by atoms with Gasteiger partial charge in [0.15, 0.2) is 0 Å². The molecule has 1 aromatic rings. The summed E-state index contributed by atoms with van der Waals surface area (Å²) in [5.41, 5.74) is 2.39. The number of nitrogens with zero attached hydrogens (tertiary/aromatic N) is 2. The minimum Gasteiger partial charge on any atom is -0.387 e. The molecule has 0 bridgehead atoms. The van der Waals surface area contributed by atoms with Crippen LogP contribution in [0, 0.1) is 5.92 Å². The van der Waals surface area contributed by atoms with Gasteiger partial charge in [0.25, 0.3) is 0 Å². The Balaban J connectivity index is 1.87. The van der Waals surface area contributed by atoms with E-state index in [2.05, 4.69) is 62.0 Å². The highest BCUT2D eigenvalue weighted by molar-refractivity contribution is 5.24. The average molecular weight is 290 g/mol. The van der Waals surface area contributed by atoms with Crippen LogP contribution in [0.4, 0.5) is 0 Å². The van der Waals surface area contributed by atoms with Crippen molar-refractivity contribution in [2.24, 2.45) is 5.92 Å². The summed E-state index contributed by atoms with van der Waals surface area (Å²) in [6.45, 7) is 7.36. The van der Waals surface area contributed by atoms with Crippen molar-refractivity contribution >= 4 is 0 Å². The molecule has 3 nitrogen and oxygen atoms in total. The predicted octanol–water partition coefficient (Wildman–Crippen LogP) is 2.55. The summed E-state index contributed by atoms with van der Waals surface area (Å²) in [6.07, 6.45) is 1.93. The second-order valence-electron chi connectivity index (χ2n) is 7.02. The van der Waals surface area contributed by atoms with Crippen LogP contribution in [0.1, 0.15) is 37.5 Å². The van der Waals surface area contributed by atoms with Gasteiger partial charge in [-0.1, -0.05) is 38.1 Å². The Hall–Kier alpha value is -0.900. The Labute approximate surface area is 129 Å². The first-order valence-corrected chi connectivity index (χ1v) is 8.11. The van der Waals surface area contributed by atoms with Crippen molar-refractivity contribution in [2.75, 3.05) is 33.7 Å². The average Bonchev–Trinajstić information content (AvgIpc) is 2.87. The van der Waals surface area contributed by atoms with Gasteiger partial charge in [0, 0.05) is 19.1 Å². The van der Waals surface area contributed by atoms with Crippen molar-refractivity contribution in [1.29, 1.82) is 0 Å². The number of hydrogen-bond acceptors (Lipinski definition) is 3. The van der Waals surface area contributed by atoms with Gasteiger partial charge in [0.1, 0.15) is 0 Å². The van der Waals surface area contributed by atoms with E-state index in [1.807, 2.05) is 0 Å². The number of rotatable bonds is 6. The van der Waals surface area contributed by atoms with Crippen molar-refractivity contribution in [3.05, 3.63) is 35.4 Å². The summed E-state index contributed by atoms with van der Waals surface area (Å²) in [5.74, 6) is 0.674. The second kappa shape index (κ2) is 7.39. The van der Waals surface area contributed by atoms with Crippen LogP contribution in [0.3, 0.4) is 0 Å². The second-order valence-corrected chi connectivity index (χ2v) is 7.02. The first kappa shape index (κ1) is 16.5. The smallest absolute Gasteiger partial charge is 0.0916 e. The lowest BCUT2D eigenvalue weighted by molar-refractivity contribution is 0.122. The van der Waals surface area contributed by atoms with Gasteiger partial charge >= 0.3 is 0 Å². The molecular weight excluding hydrogens is 260 g/mol. The molecule has 0 saturated carbocycles. The molecule has 0 aliphatic carbocycles. The molecule has 1 aliphatic rings. The lowest BCUT2D eigenvalue weighted by Crippen LogP contribution is -2.33. The number of likely N-dealkylation sites (N-methyl/N-ethyl adjacent to an activating group) is 1. The van der Waals surface area contributed by atoms with E-state index in [0.29, 0.717) is 12.0 Å². The van der Waals surface area contributed by atoms with Gasteiger partial charge < -0.3 is 10.0 Å². The maximum absolute atomic E-state index is 10.4. The van der Waals surface area contributed by atoms with Crippen molar-refractivity contribution in [3.63, 3.8) is 0 Å². The third-order valence-electron chi connectivity index (χ3n) is 4.42. The molecule has 1 fully saturated rings. The van der Waals surface area contributed by atoms with Crippen LogP contribution in [0.5, 0.6) is 0 Å². The van der Waals surface area contributed by atoms with E-state index in [1.54, 1.807) is 0 Å². The largest absolute Gasteiger partial charge is 0.387 e. The molecule has 2 atom stereocenters. The zero-order valence-electron chi connectivity index (χ0n) is 13.9. The summed E-state index contributed by atoms with van der Waals surface area (Å²) in [5, 5.41) is 10.4. The Morgan fingerprint density at radius 2 is 1.90 bits per heavy atom. The molecule has 2 rings (SSSR count). The van der Waals surface area contributed by atoms with Gasteiger partial charge in [-0.25, -0.2) is 0 Å². The third kappa shape index (κ3) is 4.80. The molecule has 0 radical (unpaired) electrons. The van der Waals surface area contributed by atoms with Gasteiger partial charge in [-0.3, -0.25) is 4.90 Å². The zero-order valence-corrected chi connectivity index (χ0v) is 13.9. The maximum atomic E-state index is 10.4. The summed E-state index contributed by atoms with van der Waals surface area (Å²) in [4.78, 5) is 4.66. The zero-order chi connectivity index (χ0) is 15.4. The molecule has 1 saturated heterocycles. The summed E-state index contributed by atoms with van der Waals surface area (Å²) < 4.78 is 0. The van der Waals surface area contributed by atoms with E-state index in [9.17, 15) is 5.11 Å². The van der Waals surface area contributed by atoms with E-state index in [1.165, 1.54) is 12.0 Å². The van der Waals surface area contributed by atoms with Crippen LogP contribution in [-0.4, -0.2) is 54.7 Å². The summed E-state index contributed by atoms with van der Waals surface area (Å²) in [6, 6.07) is 9.12. The number of β-amino-alcohol motifs (C(OH)–C–C–N with tert-alkyl or cyclic N) is 1. The van der Waals surface area contributed by atoms with Gasteiger partial charge in [0.05, 0.1) is 6.10 Å². The van der Waals surface area contributed by atoms with Gasteiger partial charge in [-0.15, -0.1) is 0 Å². The van der Waals surface area contributed by atoms with Crippen LogP contribution in [0.25, 0.3) is 0 Å². The molecule has 21 heavy (non-hydrogen) atoms. The molecule has 1 heterocycles. The van der Waals surface area contributed by atoms with E-state index < -0.39 is 0 Å². The minimum absolute atomic E-state index is 0.376. The quantitative estimate of drug-likeness (QED) is 0.872. The van der Waals surface area contributed by atoms with E-state index >= 15 is 0 Å². The first-order chi connectivity index (χ1) is 9.95. The molecule has 0 amide bonds. The van der Waals surface area contributed by atoms with E-state index in [-0.39, 0.29) is 6.10 Å². The van der Waals surface area contributed by atoms with Crippen LogP contribution >= 0.6 is 0 Å². The van der Waals surface area contributed by atoms with Crippen molar-refractivity contribution in [3.8, 4) is 0 Å². The molecule has 1 aliphatic heterocycles. The molecular formula is C18H30N2O. The Morgan fingerprint density at radius 1 is 1.24 bits per heavy atom. The summed E-state index contributed by atoms with van der Waals surface area (Å²) >= 11 is 0. The highest BCUT2D eigenvalue weighted by Crippen LogP contribution is 2.20. The van der Waals surface area contributed by atoms with Gasteiger partial charge in [-0.2, -0.15) is 0 Å². The molecule has 0 aromatic heterocycles. The number of benzene rings is 1. The number of likely N-dealkylation sites (tertiary alicyclic amines) is 1. The third-order valence-corrected chi connectivity index (χ3v) is 4.42. The Bertz CT molecular complexity index is 427. The van der Waals surface area contributed by atoms with E-state index in [4.69, 9.17) is 0 Å². The highest BCUT2D eigenvalue weighted by atomic mass is 16.3. The maximum Gasteiger partial charge on any atom is 0.0916 e. The SMILES string of the molecule is CC(C)Cc1ccc(C(O)CN2CCC(N(C)C)C2)cc1. The molecule has 118 valence electrons.